The number of allylic oxidation sites excluding steroid dienone is 1. The molecule has 3 N–H and O–H groups in total. The van der Waals surface area contributed by atoms with E-state index in [1.807, 2.05) is 0 Å². The quantitative estimate of drug-likeness (QED) is 0.425. The molecule has 0 amide bonds. The van der Waals surface area contributed by atoms with E-state index in [0.29, 0.717) is 19.5 Å². The second-order valence-corrected chi connectivity index (χ2v) is 8.47. The molecule has 0 saturated heterocycles. The third-order valence-corrected chi connectivity index (χ3v) is 4.96. The highest BCUT2D eigenvalue weighted by Gasteiger charge is 2.40. The molecular weight excluding hydrogens is 338 g/mol. The third-order valence-electron chi connectivity index (χ3n) is 4.63. The van der Waals surface area contributed by atoms with Crippen molar-refractivity contribution in [1.82, 2.24) is 9.55 Å². The first-order valence-electron chi connectivity index (χ1n) is 8.42. The Balaban J connectivity index is 2.25. The number of aromatic nitrogens is 2. The molecule has 7 heteroatoms. The summed E-state index contributed by atoms with van der Waals surface area (Å²) in [7, 11) is 0. The Labute approximate surface area is 152 Å². The molecule has 1 fully saturated rings. The van der Waals surface area contributed by atoms with Gasteiger partial charge in [-0.15, -0.1) is 6.58 Å². The number of H-pyrrole nitrogens is 1. The van der Waals surface area contributed by atoms with E-state index in [9.17, 15) is 15.0 Å². The van der Waals surface area contributed by atoms with Crippen LogP contribution in [0.4, 0.5) is 0 Å². The van der Waals surface area contributed by atoms with Gasteiger partial charge in [0.05, 0.1) is 6.10 Å². The first-order chi connectivity index (χ1) is 11.6. The van der Waals surface area contributed by atoms with E-state index >= 15 is 0 Å². The number of aliphatic hydroxyl groups excluding tert-OH is 1. The molecule has 0 bridgehead atoms. The molecule has 0 unspecified atom stereocenters. The Hall–Kier alpha value is -1.73. The molecule has 2 rings (SSSR count). The van der Waals surface area contributed by atoms with Crippen molar-refractivity contribution >= 4 is 18.4 Å². The van der Waals surface area contributed by atoms with Gasteiger partial charge in [-0.2, -0.15) is 0 Å². The SMILES string of the molecule is C=CCn1c(O)c(C=NC[C@]2(C)C[C@H](O)CC(C)(C)C2)c(=O)[nH]c1=S. The van der Waals surface area contributed by atoms with Crippen LogP contribution < -0.4 is 5.56 Å². The molecule has 1 aromatic rings. The molecular formula is C18H27N3O3S. The first-order valence-corrected chi connectivity index (χ1v) is 8.83. The molecule has 1 saturated carbocycles. The number of rotatable bonds is 5. The Kier molecular flexibility index (Phi) is 5.68. The Morgan fingerprint density at radius 1 is 1.44 bits per heavy atom. The van der Waals surface area contributed by atoms with Crippen LogP contribution in [-0.4, -0.2) is 38.6 Å². The summed E-state index contributed by atoms with van der Waals surface area (Å²) in [6.07, 6.45) is 5.04. The van der Waals surface area contributed by atoms with Crippen LogP contribution in [0.5, 0.6) is 5.88 Å². The molecule has 1 aromatic heterocycles. The van der Waals surface area contributed by atoms with Crippen molar-refractivity contribution in [2.24, 2.45) is 15.8 Å². The molecule has 0 radical (unpaired) electrons. The highest BCUT2D eigenvalue weighted by Crippen LogP contribution is 2.46. The van der Waals surface area contributed by atoms with Crippen molar-refractivity contribution in [3.63, 3.8) is 0 Å². The lowest BCUT2D eigenvalue weighted by Gasteiger charge is -2.44. The van der Waals surface area contributed by atoms with Crippen LogP contribution in [0.25, 0.3) is 0 Å². The Morgan fingerprint density at radius 2 is 2.12 bits per heavy atom. The molecule has 6 nitrogen and oxygen atoms in total. The zero-order valence-corrected chi connectivity index (χ0v) is 15.9. The van der Waals surface area contributed by atoms with E-state index in [-0.39, 0.29) is 33.1 Å². The van der Waals surface area contributed by atoms with Gasteiger partial charge >= 0.3 is 0 Å². The fourth-order valence-electron chi connectivity index (χ4n) is 4.05. The smallest absolute Gasteiger partial charge is 0.264 e. The van der Waals surface area contributed by atoms with Gasteiger partial charge in [-0.3, -0.25) is 19.3 Å². The van der Waals surface area contributed by atoms with Crippen LogP contribution in [0.15, 0.2) is 22.4 Å². The summed E-state index contributed by atoms with van der Waals surface area (Å²) >= 11 is 5.05. The zero-order valence-electron chi connectivity index (χ0n) is 15.1. The molecule has 138 valence electrons. The fraction of sp³-hybridized carbons (Fsp3) is 0.611. The van der Waals surface area contributed by atoms with Crippen LogP contribution in [-0.2, 0) is 6.54 Å². The number of nitrogens with zero attached hydrogens (tertiary/aromatic N) is 2. The number of aliphatic imine (C=N–C) groups is 1. The molecule has 0 spiro atoms. The zero-order chi connectivity index (χ0) is 18.8. The van der Waals surface area contributed by atoms with E-state index < -0.39 is 5.56 Å². The van der Waals surface area contributed by atoms with Crippen LogP contribution in [0.1, 0.15) is 45.6 Å². The average molecular weight is 365 g/mol. The number of hydrogen-bond acceptors (Lipinski definition) is 5. The highest BCUT2D eigenvalue weighted by atomic mass is 32.1. The van der Waals surface area contributed by atoms with Crippen molar-refractivity contribution < 1.29 is 10.2 Å². The van der Waals surface area contributed by atoms with Crippen LogP contribution >= 0.6 is 12.2 Å². The summed E-state index contributed by atoms with van der Waals surface area (Å²) in [4.78, 5) is 19.0. The Bertz CT molecular complexity index is 794. The third kappa shape index (κ3) is 4.67. The first kappa shape index (κ1) is 19.6. The van der Waals surface area contributed by atoms with Gasteiger partial charge in [0, 0.05) is 19.3 Å². The number of nitrogens with one attached hydrogen (secondary N) is 1. The van der Waals surface area contributed by atoms with Gasteiger partial charge < -0.3 is 10.2 Å². The van der Waals surface area contributed by atoms with E-state index in [1.165, 1.54) is 10.8 Å². The predicted molar refractivity (Wildman–Crippen MR) is 102 cm³/mol. The molecule has 0 aromatic carbocycles. The molecule has 1 aliphatic rings. The average Bonchev–Trinajstić information content (AvgIpc) is 2.44. The van der Waals surface area contributed by atoms with Gasteiger partial charge in [-0.1, -0.05) is 26.8 Å². The van der Waals surface area contributed by atoms with Crippen molar-refractivity contribution in [1.29, 1.82) is 0 Å². The summed E-state index contributed by atoms with van der Waals surface area (Å²) in [5.41, 5.74) is -0.483. The van der Waals surface area contributed by atoms with Gasteiger partial charge in [-0.05, 0) is 42.3 Å². The topological polar surface area (TPSA) is 90.6 Å². The molecule has 1 heterocycles. The number of aromatic hydroxyl groups is 1. The lowest BCUT2D eigenvalue weighted by atomic mass is 9.63. The number of aromatic amines is 1. The van der Waals surface area contributed by atoms with Gasteiger partial charge in [0.15, 0.2) is 4.77 Å². The Morgan fingerprint density at radius 3 is 2.72 bits per heavy atom. The number of aliphatic hydroxyl groups is 1. The lowest BCUT2D eigenvalue weighted by molar-refractivity contribution is -0.00472. The molecule has 25 heavy (non-hydrogen) atoms. The number of hydrogen-bond donors (Lipinski definition) is 3. The minimum Gasteiger partial charge on any atom is -0.494 e. The van der Waals surface area contributed by atoms with Crippen LogP contribution in [0, 0.1) is 15.6 Å². The van der Waals surface area contributed by atoms with Gasteiger partial charge in [0.1, 0.15) is 5.56 Å². The standard InChI is InChI=1S/C18H27N3O3S/c1-5-6-21-15(24)13(14(23)20-16(21)25)9-19-11-18(4)8-12(22)7-17(2,3)10-18/h5,9,12,22,24H,1,6-8,10-11H2,2-4H3,(H,20,23,25)/t12-,18-/m1/s1. The maximum atomic E-state index is 12.1. The highest BCUT2D eigenvalue weighted by molar-refractivity contribution is 7.71. The fourth-order valence-corrected chi connectivity index (χ4v) is 4.30. The minimum atomic E-state index is -0.472. The maximum absolute atomic E-state index is 12.1. The normalized spacial score (nSPS) is 26.0. The molecule has 1 aliphatic carbocycles. The molecule has 2 atom stereocenters. The van der Waals surface area contributed by atoms with Crippen LogP contribution in [0.2, 0.25) is 0 Å². The van der Waals surface area contributed by atoms with Crippen molar-refractivity contribution in [3.8, 4) is 5.88 Å². The van der Waals surface area contributed by atoms with Crippen molar-refractivity contribution in [2.45, 2.75) is 52.7 Å². The largest absolute Gasteiger partial charge is 0.494 e. The van der Waals surface area contributed by atoms with E-state index in [4.69, 9.17) is 12.2 Å². The summed E-state index contributed by atoms with van der Waals surface area (Å²) in [6.45, 7) is 10.8. The summed E-state index contributed by atoms with van der Waals surface area (Å²) < 4.78 is 1.53. The minimum absolute atomic E-state index is 0.0541. The second-order valence-electron chi connectivity index (χ2n) is 8.08. The van der Waals surface area contributed by atoms with E-state index in [2.05, 4.69) is 37.3 Å². The van der Waals surface area contributed by atoms with E-state index in [0.717, 1.165) is 12.8 Å². The van der Waals surface area contributed by atoms with Crippen molar-refractivity contribution in [3.05, 3.63) is 33.3 Å². The van der Waals surface area contributed by atoms with Gasteiger partial charge in [0.25, 0.3) is 5.56 Å². The maximum Gasteiger partial charge on any atom is 0.264 e. The lowest BCUT2D eigenvalue weighted by Crippen LogP contribution is -2.40. The predicted octanol–water partition coefficient (Wildman–Crippen LogP) is 2.79. The summed E-state index contributed by atoms with van der Waals surface area (Å²) in [5, 5.41) is 20.4. The summed E-state index contributed by atoms with van der Waals surface area (Å²) in [6, 6.07) is 0. The van der Waals surface area contributed by atoms with Gasteiger partial charge in [-0.25, -0.2) is 0 Å². The van der Waals surface area contributed by atoms with Crippen molar-refractivity contribution in [2.75, 3.05) is 6.54 Å². The monoisotopic (exact) mass is 365 g/mol. The summed E-state index contributed by atoms with van der Waals surface area (Å²) in [5.74, 6) is -0.216. The van der Waals surface area contributed by atoms with E-state index in [1.54, 1.807) is 6.08 Å². The van der Waals surface area contributed by atoms with Crippen LogP contribution in [0.3, 0.4) is 0 Å². The van der Waals surface area contributed by atoms with Gasteiger partial charge in [0.2, 0.25) is 5.88 Å². The second kappa shape index (κ2) is 7.25. The molecule has 0 aliphatic heterocycles.